The number of anilines is 1. The van der Waals surface area contributed by atoms with Gasteiger partial charge in [-0.05, 0) is 29.1 Å². The van der Waals surface area contributed by atoms with Crippen molar-refractivity contribution < 1.29 is 19.1 Å². The van der Waals surface area contributed by atoms with Crippen molar-refractivity contribution in [1.82, 2.24) is 0 Å². The summed E-state index contributed by atoms with van der Waals surface area (Å²) in [6, 6.07) is 9.65. The molecule has 0 saturated carbocycles. The molecule has 1 amide bonds. The van der Waals surface area contributed by atoms with E-state index in [1.165, 1.54) is 26.2 Å². The van der Waals surface area contributed by atoms with E-state index >= 15 is 0 Å². The molecule has 1 aliphatic rings. The summed E-state index contributed by atoms with van der Waals surface area (Å²) < 4.78 is 5.45. The lowest BCUT2D eigenvalue weighted by molar-refractivity contribution is -0.114. The highest BCUT2D eigenvalue weighted by molar-refractivity contribution is 6.35. The summed E-state index contributed by atoms with van der Waals surface area (Å²) in [5.41, 5.74) is 8.51. The Balaban J connectivity index is 2.31. The number of nitrogens with one attached hydrogen (secondary N) is 1. The van der Waals surface area contributed by atoms with Crippen molar-refractivity contribution in [1.29, 1.82) is 0 Å². The van der Waals surface area contributed by atoms with E-state index in [9.17, 15) is 19.9 Å². The molecule has 8 heteroatoms. The lowest BCUT2D eigenvalue weighted by Crippen LogP contribution is -2.36. The molecule has 0 heterocycles. The molecule has 2 aromatic rings. The van der Waals surface area contributed by atoms with E-state index in [4.69, 9.17) is 4.74 Å². The van der Waals surface area contributed by atoms with Gasteiger partial charge in [0.2, 0.25) is 11.4 Å². The highest BCUT2D eigenvalue weighted by Crippen LogP contribution is 2.47. The van der Waals surface area contributed by atoms with Crippen LogP contribution in [0.1, 0.15) is 58.5 Å². The standard InChI is InChI=1S/C21H20N4O4/c1-11(2)13-8-9-15(17(10-13)29-4)21(24-25-22)19(27)14-6-5-7-16(23-12(3)26)18(14)20(21)28/h5-11H,1-4H3,(H,23,26). The van der Waals surface area contributed by atoms with E-state index in [0.717, 1.165) is 5.56 Å². The van der Waals surface area contributed by atoms with Crippen LogP contribution in [-0.2, 0) is 10.3 Å². The number of benzene rings is 2. The molecule has 29 heavy (non-hydrogen) atoms. The zero-order valence-electron chi connectivity index (χ0n) is 16.5. The number of carbonyl (C=O) groups is 3. The minimum absolute atomic E-state index is 0.0232. The van der Waals surface area contributed by atoms with E-state index in [1.54, 1.807) is 24.3 Å². The summed E-state index contributed by atoms with van der Waals surface area (Å²) in [5.74, 6) is -1.28. The zero-order valence-corrected chi connectivity index (χ0v) is 16.5. The average molecular weight is 392 g/mol. The molecule has 148 valence electrons. The Morgan fingerprint density at radius 1 is 1.21 bits per heavy atom. The average Bonchev–Trinajstić information content (AvgIpc) is 2.90. The van der Waals surface area contributed by atoms with Crippen LogP contribution in [0, 0.1) is 0 Å². The van der Waals surface area contributed by atoms with E-state index < -0.39 is 17.1 Å². The SMILES string of the molecule is COc1cc(C(C)C)ccc1C1(N=[N+]=[N-])C(=O)c2cccc(NC(C)=O)c2C1=O. The van der Waals surface area contributed by atoms with Crippen LogP contribution in [-0.4, -0.2) is 24.6 Å². The van der Waals surface area contributed by atoms with Gasteiger partial charge >= 0.3 is 0 Å². The summed E-state index contributed by atoms with van der Waals surface area (Å²) in [5, 5.41) is 6.26. The van der Waals surface area contributed by atoms with E-state index in [2.05, 4.69) is 15.3 Å². The third-order valence-corrected chi connectivity index (χ3v) is 4.98. The number of hydrogen-bond acceptors (Lipinski definition) is 5. The Labute approximate surface area is 167 Å². The monoisotopic (exact) mass is 392 g/mol. The molecule has 1 N–H and O–H groups in total. The van der Waals surface area contributed by atoms with Crippen molar-refractivity contribution in [3.63, 3.8) is 0 Å². The minimum atomic E-state index is -2.13. The van der Waals surface area contributed by atoms with Gasteiger partial charge in [-0.1, -0.05) is 43.2 Å². The first-order valence-electron chi connectivity index (χ1n) is 9.02. The topological polar surface area (TPSA) is 121 Å². The van der Waals surface area contributed by atoms with Gasteiger partial charge in [0, 0.05) is 23.0 Å². The Morgan fingerprint density at radius 3 is 2.52 bits per heavy atom. The van der Waals surface area contributed by atoms with Gasteiger partial charge in [-0.2, -0.15) is 0 Å². The van der Waals surface area contributed by atoms with Crippen LogP contribution in [0.5, 0.6) is 5.75 Å². The highest BCUT2D eigenvalue weighted by Gasteiger charge is 2.56. The number of ether oxygens (including phenoxy) is 1. The van der Waals surface area contributed by atoms with Crippen LogP contribution in [0.25, 0.3) is 10.4 Å². The molecule has 0 spiro atoms. The van der Waals surface area contributed by atoms with Crippen molar-refractivity contribution >= 4 is 23.2 Å². The quantitative estimate of drug-likeness (QED) is 0.351. The predicted octanol–water partition coefficient (Wildman–Crippen LogP) is 4.36. The number of fused-ring (bicyclic) bond motifs is 1. The van der Waals surface area contributed by atoms with Crippen molar-refractivity contribution in [3.8, 4) is 5.75 Å². The molecule has 0 fully saturated rings. The van der Waals surface area contributed by atoms with Gasteiger partial charge in [0.1, 0.15) is 5.75 Å². The number of Topliss-reactive ketones (excluding diaryl/α,β-unsaturated/α-hetero) is 2. The van der Waals surface area contributed by atoms with Gasteiger partial charge in [0.15, 0.2) is 11.6 Å². The van der Waals surface area contributed by atoms with Crippen LogP contribution < -0.4 is 10.1 Å². The van der Waals surface area contributed by atoms with Gasteiger partial charge in [-0.15, -0.1) is 0 Å². The summed E-state index contributed by atoms with van der Waals surface area (Å²) in [6.45, 7) is 5.30. The molecule has 0 bridgehead atoms. The zero-order chi connectivity index (χ0) is 21.3. The Morgan fingerprint density at radius 2 is 1.93 bits per heavy atom. The second-order valence-electron chi connectivity index (χ2n) is 7.08. The van der Waals surface area contributed by atoms with Gasteiger partial charge in [-0.3, -0.25) is 14.4 Å². The number of methoxy groups -OCH3 is 1. The largest absolute Gasteiger partial charge is 0.496 e. The first-order chi connectivity index (χ1) is 13.8. The normalized spacial score (nSPS) is 17.7. The third kappa shape index (κ3) is 3.03. The van der Waals surface area contributed by atoms with Crippen molar-refractivity contribution in [2.45, 2.75) is 32.2 Å². The fourth-order valence-corrected chi connectivity index (χ4v) is 3.58. The summed E-state index contributed by atoms with van der Waals surface area (Å²) >= 11 is 0. The minimum Gasteiger partial charge on any atom is -0.496 e. The second-order valence-corrected chi connectivity index (χ2v) is 7.08. The first kappa shape index (κ1) is 20.1. The molecule has 0 aliphatic heterocycles. The highest BCUT2D eigenvalue weighted by atomic mass is 16.5. The smallest absolute Gasteiger partial charge is 0.221 e. The second kappa shape index (κ2) is 7.41. The maximum atomic E-state index is 13.5. The molecule has 1 aliphatic carbocycles. The number of amides is 1. The van der Waals surface area contributed by atoms with Crippen LogP contribution in [0.2, 0.25) is 0 Å². The maximum absolute atomic E-state index is 13.5. The number of rotatable bonds is 5. The summed E-state index contributed by atoms with van der Waals surface area (Å²) in [6.07, 6.45) is 0. The molecule has 1 atom stereocenters. The predicted molar refractivity (Wildman–Crippen MR) is 107 cm³/mol. The molecule has 0 aromatic heterocycles. The van der Waals surface area contributed by atoms with Crippen LogP contribution in [0.3, 0.4) is 0 Å². The number of hydrogen-bond donors (Lipinski definition) is 1. The number of nitrogens with zero attached hydrogens (tertiary/aromatic N) is 3. The molecule has 3 rings (SSSR count). The van der Waals surface area contributed by atoms with Crippen molar-refractivity contribution in [2.24, 2.45) is 5.11 Å². The lowest BCUT2D eigenvalue weighted by Gasteiger charge is -2.24. The van der Waals surface area contributed by atoms with E-state index in [-0.39, 0.29) is 40.0 Å². The molecule has 0 radical (unpaired) electrons. The van der Waals surface area contributed by atoms with Gasteiger partial charge in [0.25, 0.3) is 0 Å². The summed E-state index contributed by atoms with van der Waals surface area (Å²) in [4.78, 5) is 41.3. The fraction of sp³-hybridized carbons (Fsp3) is 0.286. The summed E-state index contributed by atoms with van der Waals surface area (Å²) in [7, 11) is 1.42. The molecular weight excluding hydrogens is 372 g/mol. The Kier molecular flexibility index (Phi) is 5.14. The van der Waals surface area contributed by atoms with Crippen LogP contribution in [0.4, 0.5) is 5.69 Å². The number of ketones is 2. The van der Waals surface area contributed by atoms with E-state index in [0.29, 0.717) is 0 Å². The molecular formula is C21H20N4O4. The van der Waals surface area contributed by atoms with Crippen LogP contribution >= 0.6 is 0 Å². The number of carbonyl (C=O) groups excluding carboxylic acids is 3. The van der Waals surface area contributed by atoms with Crippen molar-refractivity contribution in [3.05, 3.63) is 69.1 Å². The van der Waals surface area contributed by atoms with Crippen molar-refractivity contribution in [2.75, 3.05) is 12.4 Å². The third-order valence-electron chi connectivity index (χ3n) is 4.98. The number of azide groups is 1. The molecule has 2 aromatic carbocycles. The van der Waals surface area contributed by atoms with Gasteiger partial charge < -0.3 is 10.1 Å². The van der Waals surface area contributed by atoms with E-state index in [1.807, 2.05) is 13.8 Å². The Hall–Kier alpha value is -3.64. The van der Waals surface area contributed by atoms with Crippen LogP contribution in [0.15, 0.2) is 41.5 Å². The molecule has 0 saturated heterocycles. The first-order valence-corrected chi connectivity index (χ1v) is 9.02. The van der Waals surface area contributed by atoms with Gasteiger partial charge in [0.05, 0.1) is 18.4 Å². The lowest BCUT2D eigenvalue weighted by atomic mass is 9.84. The Bertz CT molecular complexity index is 1090. The molecule has 8 nitrogen and oxygen atoms in total. The van der Waals surface area contributed by atoms with Gasteiger partial charge in [-0.25, -0.2) is 0 Å². The molecule has 1 unspecified atom stereocenters. The maximum Gasteiger partial charge on any atom is 0.221 e. The fourth-order valence-electron chi connectivity index (χ4n) is 3.58.